The maximum absolute atomic E-state index is 11.3. The molecule has 1 aromatic carbocycles. The number of carbonyl (C=O) groups excluding carboxylic acids is 1. The van der Waals surface area contributed by atoms with E-state index in [-0.39, 0.29) is 11.3 Å². The van der Waals surface area contributed by atoms with E-state index in [4.69, 9.17) is 10.5 Å². The maximum Gasteiger partial charge on any atom is 0.248 e. The van der Waals surface area contributed by atoms with Gasteiger partial charge in [-0.1, -0.05) is 42.5 Å². The molecule has 23 heavy (non-hydrogen) atoms. The number of nitrogens with zero attached hydrogens (tertiary/aromatic N) is 1. The Bertz CT molecular complexity index is 830. The van der Waals surface area contributed by atoms with Gasteiger partial charge in [-0.3, -0.25) is 9.79 Å². The predicted molar refractivity (Wildman–Crippen MR) is 90.0 cm³/mol. The molecule has 114 valence electrons. The van der Waals surface area contributed by atoms with Crippen LogP contribution in [-0.4, -0.2) is 18.7 Å². The molecule has 2 N–H and O–H groups in total. The average Bonchev–Trinajstić information content (AvgIpc) is 2.76. The molecule has 4 heteroatoms. The molecule has 0 saturated carbocycles. The first-order valence-electron chi connectivity index (χ1n) is 7.54. The minimum atomic E-state index is -0.468. The lowest BCUT2D eigenvalue weighted by atomic mass is 9.69. The van der Waals surface area contributed by atoms with E-state index in [0.717, 1.165) is 0 Å². The van der Waals surface area contributed by atoms with Gasteiger partial charge >= 0.3 is 0 Å². The van der Waals surface area contributed by atoms with Crippen molar-refractivity contribution < 1.29 is 9.53 Å². The SMILES string of the molecule is NC(=O)c1ccc2c(c1)N=CC1(C=CC=C3C=CC=CC31)CO2. The summed E-state index contributed by atoms with van der Waals surface area (Å²) in [5, 5.41) is 0. The van der Waals surface area contributed by atoms with Crippen LogP contribution in [0.15, 0.2) is 71.3 Å². The standard InChI is InChI=1S/C19H16N2O2/c20-18(22)14-7-8-17-16(10-14)21-11-19(12-23-17)9-3-5-13-4-1-2-6-15(13)19/h1-11,15H,12H2,(H2,20,22). The second-order valence-electron chi connectivity index (χ2n) is 5.95. The first-order chi connectivity index (χ1) is 11.2. The van der Waals surface area contributed by atoms with Crippen molar-refractivity contribution in [2.75, 3.05) is 6.61 Å². The topological polar surface area (TPSA) is 64.7 Å². The zero-order chi connectivity index (χ0) is 15.9. The number of carbonyl (C=O) groups is 1. The van der Waals surface area contributed by atoms with Crippen molar-refractivity contribution in [1.29, 1.82) is 0 Å². The first-order valence-corrected chi connectivity index (χ1v) is 7.54. The molecule has 3 aliphatic rings. The molecule has 1 aliphatic heterocycles. The predicted octanol–water partition coefficient (Wildman–Crippen LogP) is 3.11. The summed E-state index contributed by atoms with van der Waals surface area (Å²) in [5.41, 5.74) is 7.33. The fourth-order valence-corrected chi connectivity index (χ4v) is 3.23. The van der Waals surface area contributed by atoms with Gasteiger partial charge in [0.2, 0.25) is 5.91 Å². The summed E-state index contributed by atoms with van der Waals surface area (Å²) in [6, 6.07) is 5.10. The van der Waals surface area contributed by atoms with Gasteiger partial charge in [-0.05, 0) is 23.8 Å². The number of hydrogen-bond acceptors (Lipinski definition) is 3. The second-order valence-corrected chi connectivity index (χ2v) is 5.95. The lowest BCUT2D eigenvalue weighted by Crippen LogP contribution is -2.37. The van der Waals surface area contributed by atoms with Crippen molar-refractivity contribution in [3.05, 3.63) is 71.9 Å². The van der Waals surface area contributed by atoms with Crippen molar-refractivity contribution >= 4 is 17.8 Å². The van der Waals surface area contributed by atoms with Gasteiger partial charge in [0, 0.05) is 17.7 Å². The van der Waals surface area contributed by atoms with E-state index in [0.29, 0.717) is 23.6 Å². The molecule has 2 aliphatic carbocycles. The number of nitrogens with two attached hydrogens (primary N) is 1. The third kappa shape index (κ3) is 2.23. The van der Waals surface area contributed by atoms with Gasteiger partial charge < -0.3 is 10.5 Å². The van der Waals surface area contributed by atoms with E-state index in [2.05, 4.69) is 41.4 Å². The number of allylic oxidation sites excluding steroid dienone is 7. The lowest BCUT2D eigenvalue weighted by molar-refractivity contribution is 0.100. The molecule has 0 aromatic heterocycles. The third-order valence-electron chi connectivity index (χ3n) is 4.50. The molecule has 0 saturated heterocycles. The third-order valence-corrected chi connectivity index (χ3v) is 4.50. The van der Waals surface area contributed by atoms with E-state index in [1.807, 2.05) is 12.3 Å². The molecule has 0 bridgehead atoms. The van der Waals surface area contributed by atoms with Gasteiger partial charge in [0.05, 0.1) is 5.41 Å². The highest BCUT2D eigenvalue weighted by molar-refractivity contribution is 5.94. The number of primary amides is 1. The molecule has 1 heterocycles. The largest absolute Gasteiger partial charge is 0.490 e. The molecule has 1 aromatic rings. The summed E-state index contributed by atoms with van der Waals surface area (Å²) in [6.45, 7) is 0.496. The van der Waals surface area contributed by atoms with Crippen LogP contribution in [0.5, 0.6) is 5.75 Å². The van der Waals surface area contributed by atoms with E-state index >= 15 is 0 Å². The molecule has 0 radical (unpaired) electrons. The molecule has 4 nitrogen and oxygen atoms in total. The monoisotopic (exact) mass is 304 g/mol. The molecule has 1 spiro atoms. The van der Waals surface area contributed by atoms with Crippen LogP contribution in [0.3, 0.4) is 0 Å². The number of hydrogen-bond donors (Lipinski definition) is 1. The van der Waals surface area contributed by atoms with Crippen LogP contribution >= 0.6 is 0 Å². The van der Waals surface area contributed by atoms with Crippen LogP contribution in [0.1, 0.15) is 10.4 Å². The Morgan fingerprint density at radius 3 is 3.09 bits per heavy atom. The van der Waals surface area contributed by atoms with Crippen molar-refractivity contribution in [3.63, 3.8) is 0 Å². The minimum Gasteiger partial charge on any atom is -0.490 e. The number of amides is 1. The van der Waals surface area contributed by atoms with Gasteiger partial charge in [-0.25, -0.2) is 0 Å². The molecule has 1 amide bonds. The summed E-state index contributed by atoms with van der Waals surface area (Å²) < 4.78 is 6.01. The van der Waals surface area contributed by atoms with Gasteiger partial charge in [0.15, 0.2) is 0 Å². The van der Waals surface area contributed by atoms with Crippen molar-refractivity contribution in [2.45, 2.75) is 0 Å². The average molecular weight is 304 g/mol. The van der Waals surface area contributed by atoms with Crippen LogP contribution in [0.4, 0.5) is 5.69 Å². The lowest BCUT2D eigenvalue weighted by Gasteiger charge is -2.36. The maximum atomic E-state index is 11.3. The smallest absolute Gasteiger partial charge is 0.248 e. The zero-order valence-corrected chi connectivity index (χ0v) is 12.5. The second kappa shape index (κ2) is 5.09. The Hall–Kier alpha value is -2.88. The van der Waals surface area contributed by atoms with Crippen LogP contribution in [-0.2, 0) is 0 Å². The quantitative estimate of drug-likeness (QED) is 0.866. The highest BCUT2D eigenvalue weighted by Crippen LogP contribution is 2.43. The number of benzene rings is 1. The van der Waals surface area contributed by atoms with Crippen molar-refractivity contribution in [2.24, 2.45) is 22.1 Å². The van der Waals surface area contributed by atoms with Crippen LogP contribution in [0.25, 0.3) is 0 Å². The molecule has 0 fully saturated rings. The Morgan fingerprint density at radius 1 is 1.30 bits per heavy atom. The number of aliphatic imine (C=N–C) groups is 1. The van der Waals surface area contributed by atoms with Crippen LogP contribution < -0.4 is 10.5 Å². The molecular weight excluding hydrogens is 288 g/mol. The molecule has 2 unspecified atom stereocenters. The Kier molecular flexibility index (Phi) is 3.05. The van der Waals surface area contributed by atoms with Crippen LogP contribution in [0.2, 0.25) is 0 Å². The van der Waals surface area contributed by atoms with Gasteiger partial charge in [-0.2, -0.15) is 0 Å². The highest BCUT2D eigenvalue weighted by atomic mass is 16.5. The minimum absolute atomic E-state index is 0.200. The van der Waals surface area contributed by atoms with Crippen molar-refractivity contribution in [3.8, 4) is 5.75 Å². The zero-order valence-electron chi connectivity index (χ0n) is 12.5. The highest BCUT2D eigenvalue weighted by Gasteiger charge is 2.39. The van der Waals surface area contributed by atoms with Gasteiger partial charge in [0.25, 0.3) is 0 Å². The number of fused-ring (bicyclic) bond motifs is 3. The number of ether oxygens (including phenoxy) is 1. The Balaban J connectivity index is 1.74. The normalized spacial score (nSPS) is 27.0. The van der Waals surface area contributed by atoms with Gasteiger partial charge in [0.1, 0.15) is 18.0 Å². The van der Waals surface area contributed by atoms with E-state index < -0.39 is 5.91 Å². The Morgan fingerprint density at radius 2 is 2.22 bits per heavy atom. The fourth-order valence-electron chi connectivity index (χ4n) is 3.23. The van der Waals surface area contributed by atoms with E-state index in [1.165, 1.54) is 5.57 Å². The van der Waals surface area contributed by atoms with Crippen molar-refractivity contribution in [1.82, 2.24) is 0 Å². The molecule has 4 rings (SSSR count). The fraction of sp³-hybridized carbons (Fsp3) is 0.158. The van der Waals surface area contributed by atoms with E-state index in [9.17, 15) is 4.79 Å². The molecular formula is C19H16N2O2. The summed E-state index contributed by atoms with van der Waals surface area (Å²) >= 11 is 0. The molecule has 2 atom stereocenters. The number of rotatable bonds is 1. The summed E-state index contributed by atoms with van der Waals surface area (Å²) in [5.74, 6) is 0.402. The summed E-state index contributed by atoms with van der Waals surface area (Å²) in [4.78, 5) is 16.0. The summed E-state index contributed by atoms with van der Waals surface area (Å²) in [6.07, 6.45) is 16.6. The van der Waals surface area contributed by atoms with E-state index in [1.54, 1.807) is 18.2 Å². The summed E-state index contributed by atoms with van der Waals surface area (Å²) in [7, 11) is 0. The Labute approximate surface area is 134 Å². The van der Waals surface area contributed by atoms with Gasteiger partial charge in [-0.15, -0.1) is 0 Å². The first kappa shape index (κ1) is 13.8. The van der Waals surface area contributed by atoms with Crippen LogP contribution in [0, 0.1) is 11.3 Å².